The van der Waals surface area contributed by atoms with Crippen LogP contribution in [0.5, 0.6) is 0 Å². The van der Waals surface area contributed by atoms with E-state index in [1.165, 1.54) is 6.92 Å². The number of carbonyl (C=O) groups excluding carboxylic acids is 1. The summed E-state index contributed by atoms with van der Waals surface area (Å²) in [6.45, 7) is 22.7. The third-order valence-electron chi connectivity index (χ3n) is 4.84. The molecule has 4 heteroatoms. The molecule has 0 saturated heterocycles. The Kier molecular flexibility index (Phi) is 8.24. The van der Waals surface area contributed by atoms with Crippen LogP contribution in [0.15, 0.2) is 12.2 Å². The number of aliphatic hydroxyl groups is 1. The van der Waals surface area contributed by atoms with Crippen molar-refractivity contribution in [2.45, 2.75) is 91.1 Å². The quantitative estimate of drug-likeness (QED) is 0.492. The Bertz CT molecular complexity index is 364. The normalized spacial score (nSPS) is 17.0. The van der Waals surface area contributed by atoms with Crippen molar-refractivity contribution in [3.05, 3.63) is 12.2 Å². The van der Waals surface area contributed by atoms with Crippen LogP contribution in [0.3, 0.4) is 0 Å². The lowest BCUT2D eigenvalue weighted by atomic mass is 9.93. The van der Waals surface area contributed by atoms with E-state index in [-0.39, 0.29) is 17.8 Å². The molecule has 0 aliphatic carbocycles. The number of hydrogen-bond acceptors (Lipinski definition) is 3. The number of hydrogen-bond donors (Lipinski definition) is 1. The SMILES string of the molecule is C=C(C)[C@H](O[Si](C(C)C)(C(C)C)C(C)C)[C@@H](C)C(=O)[C@H](C)O. The van der Waals surface area contributed by atoms with Gasteiger partial charge < -0.3 is 9.53 Å². The van der Waals surface area contributed by atoms with Gasteiger partial charge in [-0.05, 0) is 30.5 Å². The van der Waals surface area contributed by atoms with Gasteiger partial charge in [-0.1, -0.05) is 60.6 Å². The summed E-state index contributed by atoms with van der Waals surface area (Å²) >= 11 is 0. The minimum absolute atomic E-state index is 0.174. The average Bonchev–Trinajstić information content (AvgIpc) is 2.36. The fraction of sp³-hybridized carbons (Fsp3) is 0.833. The van der Waals surface area contributed by atoms with Crippen LogP contribution in [0.1, 0.15) is 62.3 Å². The molecule has 0 rings (SSSR count). The fourth-order valence-electron chi connectivity index (χ4n) is 3.79. The maximum absolute atomic E-state index is 12.2. The summed E-state index contributed by atoms with van der Waals surface area (Å²) in [5, 5.41) is 9.62. The van der Waals surface area contributed by atoms with E-state index in [1.54, 1.807) is 0 Å². The number of Topliss-reactive ketones (excluding diaryl/α,β-unsaturated/α-hetero) is 1. The molecule has 0 amide bonds. The van der Waals surface area contributed by atoms with Gasteiger partial charge in [-0.15, -0.1) is 0 Å². The smallest absolute Gasteiger partial charge is 0.201 e. The van der Waals surface area contributed by atoms with Crippen LogP contribution >= 0.6 is 0 Å². The Morgan fingerprint density at radius 2 is 1.32 bits per heavy atom. The van der Waals surface area contributed by atoms with E-state index >= 15 is 0 Å². The van der Waals surface area contributed by atoms with Gasteiger partial charge in [-0.2, -0.15) is 0 Å². The highest BCUT2D eigenvalue weighted by molar-refractivity contribution is 6.77. The van der Waals surface area contributed by atoms with Crippen LogP contribution < -0.4 is 0 Å². The number of rotatable bonds is 9. The first kappa shape index (κ1) is 21.5. The minimum atomic E-state index is -2.09. The summed E-state index contributed by atoms with van der Waals surface area (Å²) in [5.74, 6) is -0.548. The van der Waals surface area contributed by atoms with Crippen molar-refractivity contribution >= 4 is 14.1 Å². The summed E-state index contributed by atoms with van der Waals surface area (Å²) in [7, 11) is -2.09. The largest absolute Gasteiger partial charge is 0.409 e. The zero-order chi connectivity index (χ0) is 17.8. The number of aliphatic hydroxyl groups excluding tert-OH is 1. The van der Waals surface area contributed by atoms with Crippen LogP contribution in [0, 0.1) is 5.92 Å². The third kappa shape index (κ3) is 4.53. The first-order valence-electron chi connectivity index (χ1n) is 8.44. The molecule has 0 aromatic carbocycles. The molecular weight excluding hydrogens is 292 g/mol. The van der Waals surface area contributed by atoms with Crippen molar-refractivity contribution in [2.75, 3.05) is 0 Å². The van der Waals surface area contributed by atoms with E-state index in [9.17, 15) is 9.90 Å². The molecule has 0 aliphatic rings. The van der Waals surface area contributed by atoms with Crippen molar-refractivity contribution in [1.29, 1.82) is 0 Å². The molecule has 130 valence electrons. The van der Waals surface area contributed by atoms with Crippen molar-refractivity contribution in [1.82, 2.24) is 0 Å². The minimum Gasteiger partial charge on any atom is -0.409 e. The Balaban J connectivity index is 5.70. The molecule has 0 spiro atoms. The lowest BCUT2D eigenvalue weighted by Crippen LogP contribution is -2.52. The standard InChI is InChI=1S/C18H36O3Si/c1-11(2)18(15(9)17(20)16(10)19)21-22(12(3)4,13(5)6)14(7)8/h12-16,18-19H,1H2,2-10H3/t15-,16-,18-/m0/s1. The predicted molar refractivity (Wildman–Crippen MR) is 96.6 cm³/mol. The highest BCUT2D eigenvalue weighted by atomic mass is 28.4. The first-order valence-corrected chi connectivity index (χ1v) is 10.6. The second-order valence-corrected chi connectivity index (χ2v) is 13.0. The van der Waals surface area contributed by atoms with E-state index in [0.717, 1.165) is 5.57 Å². The molecule has 22 heavy (non-hydrogen) atoms. The van der Waals surface area contributed by atoms with Crippen LogP contribution in [0.4, 0.5) is 0 Å². The maximum Gasteiger partial charge on any atom is 0.201 e. The molecule has 0 saturated carbocycles. The molecule has 0 aromatic rings. The topological polar surface area (TPSA) is 46.5 Å². The molecule has 0 aromatic heterocycles. The Morgan fingerprint density at radius 1 is 0.955 bits per heavy atom. The molecule has 0 aliphatic heterocycles. The lowest BCUT2D eigenvalue weighted by molar-refractivity contribution is -0.132. The number of ketones is 1. The second kappa shape index (κ2) is 8.41. The summed E-state index contributed by atoms with van der Waals surface area (Å²) in [6, 6.07) is 0. The maximum atomic E-state index is 12.2. The molecule has 3 nitrogen and oxygen atoms in total. The van der Waals surface area contributed by atoms with Gasteiger partial charge in [-0.25, -0.2) is 0 Å². The van der Waals surface area contributed by atoms with Gasteiger partial charge in [0, 0.05) is 5.92 Å². The number of carbonyl (C=O) groups is 1. The van der Waals surface area contributed by atoms with Gasteiger partial charge in [-0.3, -0.25) is 4.79 Å². The summed E-state index contributed by atoms with van der Waals surface area (Å²) in [6.07, 6.45) is -1.28. The van der Waals surface area contributed by atoms with E-state index in [4.69, 9.17) is 4.43 Å². The zero-order valence-corrected chi connectivity index (χ0v) is 16.9. The van der Waals surface area contributed by atoms with Gasteiger partial charge in [0.1, 0.15) is 6.10 Å². The lowest BCUT2D eigenvalue weighted by Gasteiger charge is -2.46. The van der Waals surface area contributed by atoms with Crippen molar-refractivity contribution in [3.8, 4) is 0 Å². The predicted octanol–water partition coefficient (Wildman–Crippen LogP) is 4.71. The van der Waals surface area contributed by atoms with Gasteiger partial charge >= 0.3 is 0 Å². The van der Waals surface area contributed by atoms with Crippen LogP contribution in [0.2, 0.25) is 16.6 Å². The summed E-state index contributed by atoms with van der Waals surface area (Å²) in [5.41, 5.74) is 2.20. The van der Waals surface area contributed by atoms with Crippen molar-refractivity contribution in [2.24, 2.45) is 5.92 Å². The Hall–Kier alpha value is -0.453. The van der Waals surface area contributed by atoms with Crippen molar-refractivity contribution < 1.29 is 14.3 Å². The molecule has 0 fully saturated rings. The Labute approximate surface area is 138 Å². The zero-order valence-electron chi connectivity index (χ0n) is 15.9. The molecular formula is C18H36O3Si. The van der Waals surface area contributed by atoms with Crippen LogP contribution in [-0.2, 0) is 9.22 Å². The van der Waals surface area contributed by atoms with E-state index in [2.05, 4.69) is 48.1 Å². The van der Waals surface area contributed by atoms with Crippen LogP contribution in [-0.4, -0.2) is 31.4 Å². The molecule has 0 radical (unpaired) electrons. The molecule has 0 bridgehead atoms. The monoisotopic (exact) mass is 328 g/mol. The molecule has 3 atom stereocenters. The average molecular weight is 329 g/mol. The van der Waals surface area contributed by atoms with E-state index in [0.29, 0.717) is 16.6 Å². The van der Waals surface area contributed by atoms with E-state index < -0.39 is 14.4 Å². The fourth-order valence-corrected chi connectivity index (χ4v) is 9.45. The molecule has 0 unspecified atom stereocenters. The van der Waals surface area contributed by atoms with Gasteiger partial charge in [0.15, 0.2) is 5.78 Å². The summed E-state index contributed by atoms with van der Waals surface area (Å²) < 4.78 is 6.72. The molecule has 0 heterocycles. The Morgan fingerprint density at radius 3 is 1.55 bits per heavy atom. The highest BCUT2D eigenvalue weighted by Crippen LogP contribution is 2.44. The summed E-state index contributed by atoms with van der Waals surface area (Å²) in [4.78, 5) is 12.2. The molecule has 1 N–H and O–H groups in total. The second-order valence-electron chi connectivity index (χ2n) is 7.57. The van der Waals surface area contributed by atoms with Gasteiger partial charge in [0.25, 0.3) is 0 Å². The van der Waals surface area contributed by atoms with Crippen LogP contribution in [0.25, 0.3) is 0 Å². The van der Waals surface area contributed by atoms with Gasteiger partial charge in [0.05, 0.1) is 6.10 Å². The highest BCUT2D eigenvalue weighted by Gasteiger charge is 2.48. The van der Waals surface area contributed by atoms with Gasteiger partial charge in [0.2, 0.25) is 8.32 Å². The first-order chi connectivity index (χ1) is 9.89. The third-order valence-corrected chi connectivity index (χ3v) is 10.9. The van der Waals surface area contributed by atoms with Crippen molar-refractivity contribution in [3.63, 3.8) is 0 Å². The van der Waals surface area contributed by atoms with E-state index in [1.807, 2.05) is 13.8 Å².